The van der Waals surface area contributed by atoms with Gasteiger partial charge in [0.2, 0.25) is 0 Å². The van der Waals surface area contributed by atoms with Crippen LogP contribution in [0.25, 0.3) is 0 Å². The Bertz CT molecular complexity index is 624. The minimum absolute atomic E-state index is 0.119. The number of nitrogens with zero attached hydrogens (tertiary/aromatic N) is 1. The lowest BCUT2D eigenvalue weighted by molar-refractivity contribution is -0.128. The molecule has 132 valence electrons. The Kier molecular flexibility index (Phi) is 6.32. The number of imide groups is 1. The van der Waals surface area contributed by atoms with E-state index in [0.29, 0.717) is 22.2 Å². The molecular formula is C16H20Cl2N2O4. The number of aliphatic hydroxyl groups is 1. The standard InChI is InChI=1S/C16H20Cl2N2O4/c1-9(2)5-13-15(22)20(16(23)19-13)7-11(21)8-24-14-6-10(17)3-4-12(14)18/h3-4,6,9,11,13,21H,5,7-8H2,1-2H3,(H,19,23). The third-order valence-electron chi connectivity index (χ3n) is 3.53. The second-order valence-electron chi connectivity index (χ2n) is 6.12. The second kappa shape index (κ2) is 8.05. The summed E-state index contributed by atoms with van der Waals surface area (Å²) in [5.41, 5.74) is 0. The van der Waals surface area contributed by atoms with Crippen molar-refractivity contribution in [3.8, 4) is 5.75 Å². The molecule has 3 amide bonds. The Morgan fingerprint density at radius 2 is 2.04 bits per heavy atom. The summed E-state index contributed by atoms with van der Waals surface area (Å²) in [7, 11) is 0. The molecule has 2 atom stereocenters. The molecule has 2 N–H and O–H groups in total. The molecule has 2 unspecified atom stereocenters. The van der Waals surface area contributed by atoms with Crippen molar-refractivity contribution < 1.29 is 19.4 Å². The van der Waals surface area contributed by atoms with Crippen LogP contribution in [0.4, 0.5) is 4.79 Å². The van der Waals surface area contributed by atoms with Gasteiger partial charge >= 0.3 is 6.03 Å². The van der Waals surface area contributed by atoms with Gasteiger partial charge < -0.3 is 15.2 Å². The monoisotopic (exact) mass is 374 g/mol. The van der Waals surface area contributed by atoms with Crippen molar-refractivity contribution in [3.05, 3.63) is 28.2 Å². The van der Waals surface area contributed by atoms with Crippen LogP contribution in [-0.4, -0.2) is 47.2 Å². The number of amides is 3. The zero-order valence-corrected chi connectivity index (χ0v) is 15.0. The number of rotatable bonds is 7. The minimum Gasteiger partial charge on any atom is -0.489 e. The number of nitrogens with one attached hydrogen (secondary N) is 1. The van der Waals surface area contributed by atoms with E-state index in [0.717, 1.165) is 4.90 Å². The van der Waals surface area contributed by atoms with E-state index >= 15 is 0 Å². The molecular weight excluding hydrogens is 355 g/mol. The fourth-order valence-electron chi connectivity index (χ4n) is 2.42. The summed E-state index contributed by atoms with van der Waals surface area (Å²) >= 11 is 11.8. The number of hydrogen-bond acceptors (Lipinski definition) is 4. The highest BCUT2D eigenvalue weighted by Gasteiger charge is 2.38. The summed E-state index contributed by atoms with van der Waals surface area (Å²) in [4.78, 5) is 25.1. The Labute approximate surface area is 150 Å². The fourth-order valence-corrected chi connectivity index (χ4v) is 2.75. The van der Waals surface area contributed by atoms with Crippen molar-refractivity contribution in [1.29, 1.82) is 0 Å². The van der Waals surface area contributed by atoms with Gasteiger partial charge in [0.25, 0.3) is 5.91 Å². The van der Waals surface area contributed by atoms with Crippen LogP contribution < -0.4 is 10.1 Å². The first-order valence-electron chi connectivity index (χ1n) is 7.65. The number of ether oxygens (including phenoxy) is 1. The summed E-state index contributed by atoms with van der Waals surface area (Å²) in [6.07, 6.45) is -0.473. The number of carbonyl (C=O) groups is 2. The maximum Gasteiger partial charge on any atom is 0.324 e. The SMILES string of the molecule is CC(C)CC1NC(=O)N(CC(O)COc2cc(Cl)ccc2Cl)C1=O. The van der Waals surface area contributed by atoms with Crippen molar-refractivity contribution in [2.45, 2.75) is 32.4 Å². The smallest absolute Gasteiger partial charge is 0.324 e. The zero-order valence-electron chi connectivity index (χ0n) is 13.5. The number of β-amino-alcohol motifs (C(OH)–C–C–N with tert-alkyl or cyclic N) is 1. The van der Waals surface area contributed by atoms with Crippen LogP contribution in [0.3, 0.4) is 0 Å². The molecule has 0 aliphatic carbocycles. The van der Waals surface area contributed by atoms with E-state index in [1.807, 2.05) is 13.8 Å². The fraction of sp³-hybridized carbons (Fsp3) is 0.500. The van der Waals surface area contributed by atoms with Crippen LogP contribution in [0.15, 0.2) is 18.2 Å². The van der Waals surface area contributed by atoms with Gasteiger partial charge in [0.1, 0.15) is 24.5 Å². The number of halogens is 2. The van der Waals surface area contributed by atoms with Crippen molar-refractivity contribution in [3.63, 3.8) is 0 Å². The lowest BCUT2D eigenvalue weighted by atomic mass is 10.0. The molecule has 1 aromatic rings. The highest BCUT2D eigenvalue weighted by Crippen LogP contribution is 2.27. The van der Waals surface area contributed by atoms with Gasteiger partial charge in [0.05, 0.1) is 11.6 Å². The third kappa shape index (κ3) is 4.75. The molecule has 0 radical (unpaired) electrons. The highest BCUT2D eigenvalue weighted by atomic mass is 35.5. The van der Waals surface area contributed by atoms with Crippen molar-refractivity contribution in [1.82, 2.24) is 10.2 Å². The largest absolute Gasteiger partial charge is 0.489 e. The van der Waals surface area contributed by atoms with E-state index in [1.165, 1.54) is 6.07 Å². The van der Waals surface area contributed by atoms with Gasteiger partial charge in [0.15, 0.2) is 0 Å². The molecule has 1 heterocycles. The zero-order chi connectivity index (χ0) is 17.9. The number of carbonyl (C=O) groups excluding carboxylic acids is 2. The molecule has 0 saturated carbocycles. The predicted molar refractivity (Wildman–Crippen MR) is 91.5 cm³/mol. The van der Waals surface area contributed by atoms with Crippen LogP contribution in [0, 0.1) is 5.92 Å². The van der Waals surface area contributed by atoms with Crippen LogP contribution in [0.5, 0.6) is 5.75 Å². The molecule has 1 fully saturated rings. The van der Waals surface area contributed by atoms with E-state index in [4.69, 9.17) is 27.9 Å². The van der Waals surface area contributed by atoms with Crippen molar-refractivity contribution in [2.75, 3.05) is 13.2 Å². The molecule has 0 aromatic heterocycles. The maximum absolute atomic E-state index is 12.2. The molecule has 1 aliphatic heterocycles. The van der Waals surface area contributed by atoms with Gasteiger partial charge in [-0.05, 0) is 24.5 Å². The summed E-state index contributed by atoms with van der Waals surface area (Å²) in [5.74, 6) is 0.282. The molecule has 2 rings (SSSR count). The maximum atomic E-state index is 12.2. The number of benzene rings is 1. The highest BCUT2D eigenvalue weighted by molar-refractivity contribution is 6.34. The summed E-state index contributed by atoms with van der Waals surface area (Å²) in [5, 5.41) is 13.5. The first-order valence-corrected chi connectivity index (χ1v) is 8.41. The van der Waals surface area contributed by atoms with E-state index in [-0.39, 0.29) is 25.0 Å². The molecule has 0 spiro atoms. The van der Waals surface area contributed by atoms with Gasteiger partial charge in [-0.2, -0.15) is 0 Å². The first-order chi connectivity index (χ1) is 11.3. The predicted octanol–water partition coefficient (Wildman–Crippen LogP) is 2.70. The minimum atomic E-state index is -1.03. The topological polar surface area (TPSA) is 78.9 Å². The van der Waals surface area contributed by atoms with Crippen LogP contribution in [-0.2, 0) is 4.79 Å². The van der Waals surface area contributed by atoms with E-state index in [9.17, 15) is 14.7 Å². The summed E-state index contributed by atoms with van der Waals surface area (Å²) in [6, 6.07) is 3.70. The number of urea groups is 1. The lowest BCUT2D eigenvalue weighted by Gasteiger charge is -2.18. The van der Waals surface area contributed by atoms with Gasteiger partial charge in [-0.1, -0.05) is 37.0 Å². The molecule has 8 heteroatoms. The lowest BCUT2D eigenvalue weighted by Crippen LogP contribution is -2.40. The third-order valence-corrected chi connectivity index (χ3v) is 4.08. The van der Waals surface area contributed by atoms with Crippen LogP contribution in [0.1, 0.15) is 20.3 Å². The Morgan fingerprint density at radius 1 is 1.33 bits per heavy atom. The van der Waals surface area contributed by atoms with Crippen LogP contribution in [0.2, 0.25) is 10.0 Å². The molecule has 6 nitrogen and oxygen atoms in total. The van der Waals surface area contributed by atoms with Gasteiger partial charge in [-0.3, -0.25) is 9.69 Å². The number of aliphatic hydroxyl groups excluding tert-OH is 1. The molecule has 1 aliphatic rings. The number of hydrogen-bond donors (Lipinski definition) is 2. The molecule has 1 saturated heterocycles. The van der Waals surface area contributed by atoms with E-state index in [1.54, 1.807) is 12.1 Å². The Balaban J connectivity index is 1.90. The summed E-state index contributed by atoms with van der Waals surface area (Å²) < 4.78 is 5.42. The van der Waals surface area contributed by atoms with Gasteiger partial charge in [-0.15, -0.1) is 0 Å². The average Bonchev–Trinajstić information content (AvgIpc) is 2.75. The van der Waals surface area contributed by atoms with Crippen LogP contribution >= 0.6 is 23.2 Å². The second-order valence-corrected chi connectivity index (χ2v) is 6.96. The molecule has 24 heavy (non-hydrogen) atoms. The first kappa shape index (κ1) is 18.8. The molecule has 0 bridgehead atoms. The Morgan fingerprint density at radius 3 is 2.71 bits per heavy atom. The Hall–Kier alpha value is -1.50. The quantitative estimate of drug-likeness (QED) is 0.719. The van der Waals surface area contributed by atoms with Gasteiger partial charge in [0, 0.05) is 11.1 Å². The van der Waals surface area contributed by atoms with Crippen molar-refractivity contribution in [2.24, 2.45) is 5.92 Å². The normalized spacial score (nSPS) is 18.9. The van der Waals surface area contributed by atoms with E-state index in [2.05, 4.69) is 5.32 Å². The van der Waals surface area contributed by atoms with Crippen molar-refractivity contribution >= 4 is 35.1 Å². The van der Waals surface area contributed by atoms with Gasteiger partial charge in [-0.25, -0.2) is 4.79 Å². The summed E-state index contributed by atoms with van der Waals surface area (Å²) in [6.45, 7) is 3.68. The molecule has 1 aromatic carbocycles. The van der Waals surface area contributed by atoms with E-state index < -0.39 is 18.2 Å². The average molecular weight is 375 g/mol.